The normalized spacial score (nSPS) is 12.0. The predicted molar refractivity (Wildman–Crippen MR) is 70.4 cm³/mol. The highest BCUT2D eigenvalue weighted by Crippen LogP contribution is 2.30. The maximum atomic E-state index is 6.16. The van der Waals surface area contributed by atoms with E-state index in [4.69, 9.17) is 11.6 Å². The molecule has 0 aliphatic heterocycles. The Balaban J connectivity index is 2.35. The van der Waals surface area contributed by atoms with Gasteiger partial charge >= 0.3 is 0 Å². The van der Waals surface area contributed by atoms with E-state index in [2.05, 4.69) is 34.8 Å². The topological polar surface area (TPSA) is 37.8 Å². The van der Waals surface area contributed by atoms with Gasteiger partial charge in [0.2, 0.25) is 0 Å². The predicted octanol–water partition coefficient (Wildman–Crippen LogP) is 3.80. The largest absolute Gasteiger partial charge is 0.381 e. The van der Waals surface area contributed by atoms with Gasteiger partial charge in [-0.2, -0.15) is 8.75 Å². The van der Waals surface area contributed by atoms with E-state index in [1.807, 2.05) is 12.1 Å². The number of anilines is 1. The van der Waals surface area contributed by atoms with Gasteiger partial charge in [0, 0.05) is 6.54 Å². The second kappa shape index (κ2) is 4.18. The van der Waals surface area contributed by atoms with Crippen molar-refractivity contribution >= 4 is 40.0 Å². The molecular weight excluding hydrogens is 242 g/mol. The van der Waals surface area contributed by atoms with Gasteiger partial charge in [0.25, 0.3) is 0 Å². The monoisotopic (exact) mass is 255 g/mol. The van der Waals surface area contributed by atoms with Crippen LogP contribution in [-0.2, 0) is 0 Å². The van der Waals surface area contributed by atoms with Crippen LogP contribution in [0.4, 0.5) is 5.69 Å². The van der Waals surface area contributed by atoms with E-state index in [-0.39, 0.29) is 5.41 Å². The molecule has 1 aromatic heterocycles. The molecule has 0 radical (unpaired) electrons. The van der Waals surface area contributed by atoms with E-state index in [9.17, 15) is 0 Å². The van der Waals surface area contributed by atoms with E-state index < -0.39 is 0 Å². The lowest BCUT2D eigenvalue weighted by atomic mass is 9.97. The summed E-state index contributed by atoms with van der Waals surface area (Å²) in [4.78, 5) is 0. The summed E-state index contributed by atoms with van der Waals surface area (Å²) >= 11 is 7.37. The number of hydrogen-bond acceptors (Lipinski definition) is 4. The first-order valence-corrected chi connectivity index (χ1v) is 6.23. The van der Waals surface area contributed by atoms with Gasteiger partial charge in [-0.05, 0) is 17.5 Å². The minimum absolute atomic E-state index is 0.203. The molecule has 0 bridgehead atoms. The van der Waals surface area contributed by atoms with Crippen molar-refractivity contribution in [3.63, 3.8) is 0 Å². The van der Waals surface area contributed by atoms with E-state index >= 15 is 0 Å². The van der Waals surface area contributed by atoms with Crippen LogP contribution in [0.25, 0.3) is 11.0 Å². The highest BCUT2D eigenvalue weighted by molar-refractivity contribution is 7.00. The number of nitrogens with zero attached hydrogens (tertiary/aromatic N) is 2. The van der Waals surface area contributed by atoms with Gasteiger partial charge in [-0.25, -0.2) is 0 Å². The fourth-order valence-electron chi connectivity index (χ4n) is 1.35. The minimum Gasteiger partial charge on any atom is -0.381 e. The first-order valence-electron chi connectivity index (χ1n) is 5.12. The van der Waals surface area contributed by atoms with Crippen molar-refractivity contribution in [2.24, 2.45) is 5.41 Å². The Morgan fingerprint density at radius 3 is 2.75 bits per heavy atom. The lowest BCUT2D eigenvalue weighted by Gasteiger charge is -2.20. The molecule has 5 heteroatoms. The number of halogens is 1. The summed E-state index contributed by atoms with van der Waals surface area (Å²) in [6.45, 7) is 7.37. The fraction of sp³-hybridized carbons (Fsp3) is 0.455. The number of benzene rings is 1. The lowest BCUT2D eigenvalue weighted by Crippen LogP contribution is -2.19. The summed E-state index contributed by atoms with van der Waals surface area (Å²) in [6.07, 6.45) is 0. The van der Waals surface area contributed by atoms with Crippen molar-refractivity contribution in [2.75, 3.05) is 11.9 Å². The molecule has 0 amide bonds. The summed E-state index contributed by atoms with van der Waals surface area (Å²) < 4.78 is 8.46. The van der Waals surface area contributed by atoms with Crippen LogP contribution in [-0.4, -0.2) is 15.3 Å². The highest BCUT2D eigenvalue weighted by Gasteiger charge is 2.14. The van der Waals surface area contributed by atoms with Gasteiger partial charge in [0.15, 0.2) is 0 Å². The molecule has 86 valence electrons. The zero-order valence-electron chi connectivity index (χ0n) is 9.54. The second-order valence-corrected chi connectivity index (χ2v) is 5.90. The maximum absolute atomic E-state index is 6.16. The van der Waals surface area contributed by atoms with Gasteiger partial charge in [0.1, 0.15) is 11.0 Å². The van der Waals surface area contributed by atoms with Crippen LogP contribution in [0.1, 0.15) is 20.8 Å². The molecule has 0 atom stereocenters. The summed E-state index contributed by atoms with van der Waals surface area (Å²) in [5, 5.41) is 4.05. The van der Waals surface area contributed by atoms with Crippen molar-refractivity contribution in [3.8, 4) is 0 Å². The molecule has 2 aromatic rings. The summed E-state index contributed by atoms with van der Waals surface area (Å²) in [6, 6.07) is 3.75. The zero-order valence-corrected chi connectivity index (χ0v) is 11.1. The Labute approximate surface area is 104 Å². The lowest BCUT2D eigenvalue weighted by molar-refractivity contribution is 0.443. The molecule has 0 saturated heterocycles. The zero-order chi connectivity index (χ0) is 11.8. The van der Waals surface area contributed by atoms with Crippen LogP contribution < -0.4 is 5.32 Å². The van der Waals surface area contributed by atoms with Crippen molar-refractivity contribution in [1.29, 1.82) is 0 Å². The molecule has 0 aliphatic carbocycles. The third kappa shape index (κ3) is 2.44. The molecule has 1 heterocycles. The van der Waals surface area contributed by atoms with Crippen LogP contribution in [0.3, 0.4) is 0 Å². The van der Waals surface area contributed by atoms with E-state index in [0.29, 0.717) is 5.02 Å². The number of hydrogen-bond donors (Lipinski definition) is 1. The van der Waals surface area contributed by atoms with Crippen LogP contribution >= 0.6 is 23.3 Å². The molecular formula is C11H14ClN3S. The Bertz CT molecular complexity index is 501. The standard InChI is InChI=1S/C11H14ClN3S/c1-11(2,3)6-13-9-7(12)4-5-8-10(9)15-16-14-8/h4-5,13H,6H2,1-3H3. The minimum atomic E-state index is 0.203. The first-order chi connectivity index (χ1) is 7.47. The molecule has 1 N–H and O–H groups in total. The SMILES string of the molecule is CC(C)(C)CNc1c(Cl)ccc2nsnc12. The van der Waals surface area contributed by atoms with Crippen LogP contribution in [0.15, 0.2) is 12.1 Å². The number of fused-ring (bicyclic) bond motifs is 1. The van der Waals surface area contributed by atoms with E-state index in [1.165, 1.54) is 11.7 Å². The smallest absolute Gasteiger partial charge is 0.129 e. The Morgan fingerprint density at radius 1 is 1.31 bits per heavy atom. The van der Waals surface area contributed by atoms with Crippen LogP contribution in [0.5, 0.6) is 0 Å². The van der Waals surface area contributed by atoms with Crippen molar-refractivity contribution in [3.05, 3.63) is 17.2 Å². The third-order valence-electron chi connectivity index (χ3n) is 2.17. The molecule has 0 saturated carbocycles. The van der Waals surface area contributed by atoms with Crippen molar-refractivity contribution < 1.29 is 0 Å². The van der Waals surface area contributed by atoms with Gasteiger partial charge in [0.05, 0.1) is 22.4 Å². The highest BCUT2D eigenvalue weighted by atomic mass is 35.5. The van der Waals surface area contributed by atoms with Crippen molar-refractivity contribution in [2.45, 2.75) is 20.8 Å². The Kier molecular flexibility index (Phi) is 3.04. The van der Waals surface area contributed by atoms with E-state index in [0.717, 1.165) is 23.3 Å². The maximum Gasteiger partial charge on any atom is 0.129 e. The molecule has 0 unspecified atom stereocenters. The quantitative estimate of drug-likeness (QED) is 0.887. The average molecular weight is 256 g/mol. The molecule has 0 fully saturated rings. The van der Waals surface area contributed by atoms with Crippen molar-refractivity contribution in [1.82, 2.24) is 8.75 Å². The number of nitrogens with one attached hydrogen (secondary N) is 1. The fourth-order valence-corrected chi connectivity index (χ4v) is 2.11. The number of rotatable bonds is 2. The molecule has 3 nitrogen and oxygen atoms in total. The van der Waals surface area contributed by atoms with Gasteiger partial charge < -0.3 is 5.32 Å². The molecule has 1 aromatic carbocycles. The average Bonchev–Trinajstić information content (AvgIpc) is 2.62. The molecule has 16 heavy (non-hydrogen) atoms. The summed E-state index contributed by atoms with van der Waals surface area (Å²) in [5.74, 6) is 0. The van der Waals surface area contributed by atoms with Crippen LogP contribution in [0, 0.1) is 5.41 Å². The van der Waals surface area contributed by atoms with Gasteiger partial charge in [-0.3, -0.25) is 0 Å². The molecule has 0 spiro atoms. The molecule has 0 aliphatic rings. The summed E-state index contributed by atoms with van der Waals surface area (Å²) in [7, 11) is 0. The number of aromatic nitrogens is 2. The van der Waals surface area contributed by atoms with Crippen LogP contribution in [0.2, 0.25) is 5.02 Å². The summed E-state index contributed by atoms with van der Waals surface area (Å²) in [5.41, 5.74) is 2.85. The Hall–Kier alpha value is -0.870. The first kappa shape index (κ1) is 11.6. The van der Waals surface area contributed by atoms with E-state index in [1.54, 1.807) is 0 Å². The van der Waals surface area contributed by atoms with Gasteiger partial charge in [-0.1, -0.05) is 32.4 Å². The second-order valence-electron chi connectivity index (χ2n) is 4.97. The third-order valence-corrected chi connectivity index (χ3v) is 3.03. The van der Waals surface area contributed by atoms with Gasteiger partial charge in [-0.15, -0.1) is 0 Å². The molecule has 2 rings (SSSR count). The Morgan fingerprint density at radius 2 is 2.06 bits per heavy atom.